The lowest BCUT2D eigenvalue weighted by atomic mass is 9.56. The summed E-state index contributed by atoms with van der Waals surface area (Å²) in [5.74, 6) is 3.04. The van der Waals surface area contributed by atoms with Crippen LogP contribution in [-0.4, -0.2) is 24.4 Å². The van der Waals surface area contributed by atoms with Crippen LogP contribution in [0.25, 0.3) is 0 Å². The molecule has 1 aromatic rings. The number of methoxy groups -OCH3 is 1. The first-order valence-electron chi connectivity index (χ1n) is 8.43. The fourth-order valence-corrected chi connectivity index (χ4v) is 6.69. The van der Waals surface area contributed by atoms with Gasteiger partial charge in [0, 0.05) is 11.0 Å². The molecule has 0 saturated heterocycles. The molecule has 6 atom stereocenters. The van der Waals surface area contributed by atoms with Crippen molar-refractivity contribution in [2.45, 2.75) is 43.3 Å². The third-order valence-corrected chi connectivity index (χ3v) is 7.43. The van der Waals surface area contributed by atoms with Crippen LogP contribution in [0.3, 0.4) is 0 Å². The van der Waals surface area contributed by atoms with Gasteiger partial charge in [-0.25, -0.2) is 0 Å². The van der Waals surface area contributed by atoms with Gasteiger partial charge in [-0.05, 0) is 54.6 Å². The van der Waals surface area contributed by atoms with Crippen molar-refractivity contribution in [3.63, 3.8) is 0 Å². The van der Waals surface area contributed by atoms with Gasteiger partial charge >= 0.3 is 0 Å². The number of fused-ring (bicyclic) bond motifs is 1. The third kappa shape index (κ3) is 0.997. The monoisotopic (exact) mass is 296 g/mol. The summed E-state index contributed by atoms with van der Waals surface area (Å²) in [6, 6.07) is 4.29. The van der Waals surface area contributed by atoms with Crippen LogP contribution in [-0.2, 0) is 11.8 Å². The van der Waals surface area contributed by atoms with E-state index in [9.17, 15) is 5.11 Å². The van der Waals surface area contributed by atoms with Crippen molar-refractivity contribution in [2.75, 3.05) is 7.11 Å². The molecule has 2 saturated carbocycles. The fraction of sp³-hybridized carbons (Fsp3) is 0.579. The number of benzene rings is 1. The summed E-state index contributed by atoms with van der Waals surface area (Å²) in [5, 5.41) is 10.6. The van der Waals surface area contributed by atoms with Crippen LogP contribution in [0.1, 0.15) is 30.4 Å². The second-order valence-electron chi connectivity index (χ2n) is 7.97. The summed E-state index contributed by atoms with van der Waals surface area (Å²) in [7, 11) is 1.70. The number of aliphatic hydroxyl groups excluding tert-OH is 1. The number of hydrogen-bond donors (Lipinski definition) is 1. The Bertz CT molecular complexity index is 738. The highest BCUT2D eigenvalue weighted by atomic mass is 16.5. The Morgan fingerprint density at radius 3 is 3.00 bits per heavy atom. The van der Waals surface area contributed by atoms with Gasteiger partial charge in [-0.2, -0.15) is 0 Å². The van der Waals surface area contributed by atoms with Gasteiger partial charge in [0.05, 0.1) is 7.11 Å². The first-order chi connectivity index (χ1) is 10.7. The van der Waals surface area contributed by atoms with Crippen LogP contribution in [0.4, 0.5) is 0 Å². The fourth-order valence-electron chi connectivity index (χ4n) is 6.69. The summed E-state index contributed by atoms with van der Waals surface area (Å²) in [4.78, 5) is 0. The first kappa shape index (κ1) is 12.0. The minimum atomic E-state index is -0.506. The SMILES string of the molecule is COc1ccc2c3c1O[C@H]1[C@@H](O)C=C[C@H]4[C@@H]5CCC5(C2)C[C@@]341. The van der Waals surface area contributed by atoms with Gasteiger partial charge in [-0.15, -0.1) is 0 Å². The second kappa shape index (κ2) is 3.38. The first-order valence-corrected chi connectivity index (χ1v) is 8.43. The average Bonchev–Trinajstić information content (AvgIpc) is 2.93. The lowest BCUT2D eigenvalue weighted by molar-refractivity contribution is 0.0107. The van der Waals surface area contributed by atoms with E-state index < -0.39 is 6.10 Å². The summed E-state index contributed by atoms with van der Waals surface area (Å²) in [6.07, 6.45) is 8.69. The maximum absolute atomic E-state index is 10.6. The molecule has 0 radical (unpaired) electrons. The van der Waals surface area contributed by atoms with E-state index in [4.69, 9.17) is 9.47 Å². The Morgan fingerprint density at radius 2 is 2.23 bits per heavy atom. The second-order valence-corrected chi connectivity index (χ2v) is 7.97. The number of aliphatic hydroxyl groups is 1. The largest absolute Gasteiger partial charge is 0.493 e. The summed E-state index contributed by atoms with van der Waals surface area (Å²) in [6.45, 7) is 0. The van der Waals surface area contributed by atoms with Gasteiger partial charge in [0.2, 0.25) is 0 Å². The van der Waals surface area contributed by atoms with Gasteiger partial charge in [0.15, 0.2) is 11.5 Å². The molecule has 5 aliphatic rings. The molecule has 114 valence electrons. The van der Waals surface area contributed by atoms with Crippen molar-refractivity contribution < 1.29 is 14.6 Å². The standard InChI is InChI=1S/C19H20O3/c1-21-14-5-2-10-8-18-7-6-11(18)12-3-4-13(20)17-19(12,9-18)15(10)16(14)22-17/h2-5,11-13,17,20H,6-9H2,1H3/t11-,12-,13-,17-,18?,19-/m0/s1. The lowest BCUT2D eigenvalue weighted by Crippen LogP contribution is -2.51. The molecule has 2 bridgehead atoms. The van der Waals surface area contributed by atoms with Crippen molar-refractivity contribution in [2.24, 2.45) is 17.3 Å². The average molecular weight is 296 g/mol. The van der Waals surface area contributed by atoms with Gasteiger partial charge in [0.25, 0.3) is 0 Å². The summed E-state index contributed by atoms with van der Waals surface area (Å²) in [5.41, 5.74) is 3.26. The summed E-state index contributed by atoms with van der Waals surface area (Å²) >= 11 is 0. The number of allylic oxidation sites excluding steroid dienone is 1. The molecule has 2 spiro atoms. The Hall–Kier alpha value is -1.48. The van der Waals surface area contributed by atoms with Crippen LogP contribution in [0.5, 0.6) is 11.5 Å². The van der Waals surface area contributed by atoms with E-state index in [1.165, 1.54) is 36.8 Å². The zero-order chi connectivity index (χ0) is 14.7. The molecular weight excluding hydrogens is 276 g/mol. The highest BCUT2D eigenvalue weighted by Gasteiger charge is 2.74. The van der Waals surface area contributed by atoms with Gasteiger partial charge < -0.3 is 14.6 Å². The Morgan fingerprint density at radius 1 is 1.32 bits per heavy atom. The van der Waals surface area contributed by atoms with Crippen molar-refractivity contribution >= 4 is 0 Å². The summed E-state index contributed by atoms with van der Waals surface area (Å²) < 4.78 is 11.9. The third-order valence-electron chi connectivity index (χ3n) is 7.43. The normalized spacial score (nSPS) is 48.3. The van der Waals surface area contributed by atoms with E-state index in [1.807, 2.05) is 12.1 Å². The predicted molar refractivity (Wildman–Crippen MR) is 81.2 cm³/mol. The topological polar surface area (TPSA) is 38.7 Å². The molecule has 0 aromatic heterocycles. The molecule has 1 N–H and O–H groups in total. The van der Waals surface area contributed by atoms with Crippen molar-refractivity contribution in [1.29, 1.82) is 0 Å². The molecule has 1 heterocycles. The molecule has 0 amide bonds. The van der Waals surface area contributed by atoms with Crippen molar-refractivity contribution in [3.8, 4) is 11.5 Å². The smallest absolute Gasteiger partial charge is 0.165 e. The van der Waals surface area contributed by atoms with Crippen molar-refractivity contribution in [1.82, 2.24) is 0 Å². The Balaban J connectivity index is 1.70. The lowest BCUT2D eigenvalue weighted by Gasteiger charge is -2.47. The molecule has 1 aliphatic heterocycles. The van der Waals surface area contributed by atoms with Crippen LogP contribution < -0.4 is 9.47 Å². The molecule has 2 fully saturated rings. The maximum Gasteiger partial charge on any atom is 0.165 e. The van der Waals surface area contributed by atoms with E-state index in [1.54, 1.807) is 7.11 Å². The number of ether oxygens (including phenoxy) is 2. The van der Waals surface area contributed by atoms with Crippen LogP contribution in [0.15, 0.2) is 24.3 Å². The van der Waals surface area contributed by atoms with E-state index >= 15 is 0 Å². The van der Waals surface area contributed by atoms with Gasteiger partial charge in [-0.1, -0.05) is 18.2 Å². The minimum Gasteiger partial charge on any atom is -0.493 e. The van der Waals surface area contributed by atoms with Crippen LogP contribution in [0, 0.1) is 17.3 Å². The molecule has 1 unspecified atom stereocenters. The molecule has 3 nitrogen and oxygen atoms in total. The highest BCUT2D eigenvalue weighted by Crippen LogP contribution is 2.76. The zero-order valence-electron chi connectivity index (χ0n) is 12.7. The molecular formula is C19H20O3. The highest BCUT2D eigenvalue weighted by molar-refractivity contribution is 5.63. The van der Waals surface area contributed by atoms with Crippen LogP contribution in [0.2, 0.25) is 0 Å². The zero-order valence-corrected chi connectivity index (χ0v) is 12.7. The van der Waals surface area contributed by atoms with Gasteiger partial charge in [0.1, 0.15) is 12.2 Å². The van der Waals surface area contributed by atoms with Crippen LogP contribution >= 0.6 is 0 Å². The Kier molecular flexibility index (Phi) is 1.84. The van der Waals surface area contributed by atoms with E-state index in [0.29, 0.717) is 11.3 Å². The molecule has 6 rings (SSSR count). The van der Waals surface area contributed by atoms with E-state index in [2.05, 4.69) is 12.1 Å². The van der Waals surface area contributed by atoms with E-state index in [0.717, 1.165) is 17.4 Å². The Labute approximate surface area is 129 Å². The van der Waals surface area contributed by atoms with Crippen molar-refractivity contribution in [3.05, 3.63) is 35.4 Å². The molecule has 4 aliphatic carbocycles. The molecule has 1 aromatic carbocycles. The van der Waals surface area contributed by atoms with Gasteiger partial charge in [-0.3, -0.25) is 0 Å². The molecule has 22 heavy (non-hydrogen) atoms. The predicted octanol–water partition coefficient (Wildman–Crippen LogP) is 2.60. The number of rotatable bonds is 1. The minimum absolute atomic E-state index is 0.00715. The number of hydrogen-bond acceptors (Lipinski definition) is 3. The van der Waals surface area contributed by atoms with E-state index in [-0.39, 0.29) is 11.5 Å². The quantitative estimate of drug-likeness (QED) is 0.810. The molecule has 3 heteroatoms. The maximum atomic E-state index is 10.6.